The molecule has 92 heavy (non-hydrogen) atoms. The summed E-state index contributed by atoms with van der Waals surface area (Å²) in [4.78, 5) is 40.7. The Balaban J connectivity index is -0.000000141. The third-order valence-electron chi connectivity index (χ3n) is 11.5. The van der Waals surface area contributed by atoms with Crippen LogP contribution in [0.2, 0.25) is 46.5 Å². The van der Waals surface area contributed by atoms with Crippen molar-refractivity contribution in [3.8, 4) is 0 Å². The molecule has 16 N–H and O–H groups in total. The van der Waals surface area contributed by atoms with E-state index in [9.17, 15) is 19.2 Å². The quantitative estimate of drug-likeness (QED) is 0.106. The Kier molecular flexibility index (Phi) is 70.0. The maximum atomic E-state index is 10.9. The standard InChI is InChI=1S/C8H17BO2.C7H13BO3.C7H15BO2.C6H11BO3.C5H12O2.C4H8O3.C4H10O2.4C3H9BO2.C3H6O3/c1-6(2)9-10-7(3)5-8(4)11-9;1-5(2)8-10-6(3)4-7(9)11-8;1-5(2)8-9-6(3)7(4)10-8;1-4(2)7-9-5(3)6(8)10-7;1-4(6)3-5(2)7;1-3(5)2-4(6)7;1-3(5)4(2)6;4*1-3(2)4(5)6;1-2(4)3(5)6/h6-8H,5H2,1-4H3;5-6H,4H2,1-3H3;5-7H,1-4H3;4-5H,1-3H3;4-7H,3H2,1-2H3;3,5H,2H2,1H3,(H,6,7);3-6H,1-2H3;4*3,5-6H,1-2H3;2,4H,1H3,(H,5,6). The van der Waals surface area contributed by atoms with E-state index in [1.165, 1.54) is 13.8 Å². The molecule has 0 aliphatic carbocycles. The maximum absolute atomic E-state index is 10.9. The van der Waals surface area contributed by atoms with Gasteiger partial charge in [0.2, 0.25) is 0 Å². The molecule has 4 fully saturated rings. The second kappa shape index (κ2) is 61.0. The predicted octanol–water partition coefficient (Wildman–Crippen LogP) is 4.55. The molecule has 4 rings (SSSR count). The minimum atomic E-state index is -1.23. The van der Waals surface area contributed by atoms with Gasteiger partial charge in [-0.2, -0.15) is 0 Å². The lowest BCUT2D eigenvalue weighted by molar-refractivity contribution is -0.145. The van der Waals surface area contributed by atoms with E-state index in [0.29, 0.717) is 36.7 Å². The van der Waals surface area contributed by atoms with Gasteiger partial charge in [0.15, 0.2) is 0 Å². The largest absolute Gasteiger partial charge is 0.530 e. The lowest BCUT2D eigenvalue weighted by atomic mass is 9.72. The topological polar surface area (TPSA) is 466 Å². The molecule has 4 aliphatic heterocycles. The first kappa shape index (κ1) is 106. The number of rotatable bonds is 14. The van der Waals surface area contributed by atoms with Gasteiger partial charge in [-0.1, -0.05) is 111 Å². The van der Waals surface area contributed by atoms with Gasteiger partial charge in [0.05, 0.1) is 61.7 Å². The molecule has 0 aromatic heterocycles. The van der Waals surface area contributed by atoms with Gasteiger partial charge in [0.25, 0.3) is 5.97 Å². The van der Waals surface area contributed by atoms with Crippen LogP contribution in [-0.2, 0) is 56.4 Å². The van der Waals surface area contributed by atoms with Gasteiger partial charge in [-0.15, -0.1) is 0 Å². The van der Waals surface area contributed by atoms with Gasteiger partial charge >= 0.3 is 74.9 Å². The average Bonchev–Trinajstić information content (AvgIpc) is 3.92. The van der Waals surface area contributed by atoms with E-state index >= 15 is 0 Å². The van der Waals surface area contributed by atoms with Crippen LogP contribution in [-0.4, -0.2) is 235 Å². The SMILES string of the molecule is CC(C)B(O)O.CC(C)B(O)O.CC(C)B(O)O.CC(C)B(O)O.CC(C)B1OC(=O)C(C)O1.CC(C)B1OC(C)C(C)O1.CC(O)C(=O)O.CC(O)C(C)O.CC(O)CC(=O)O.CC(O)CC(C)O.CC1CC(=O)OB(C(C)C)O1.CC1CC(C)OB(C(C)C)O1. The Morgan fingerprint density at radius 2 is 0.685 bits per heavy atom. The van der Waals surface area contributed by atoms with Crippen LogP contribution in [0, 0.1) is 0 Å². The van der Waals surface area contributed by atoms with E-state index in [2.05, 4.69) is 41.5 Å². The number of carbonyl (C=O) groups is 4. The summed E-state index contributed by atoms with van der Waals surface area (Å²) >= 11 is 0. The van der Waals surface area contributed by atoms with Gasteiger partial charge in [-0.05, 0) is 131 Å². The molecule has 0 aromatic carbocycles. The van der Waals surface area contributed by atoms with E-state index < -0.39 is 64.8 Å². The molecule has 0 amide bonds. The van der Waals surface area contributed by atoms with E-state index in [0.717, 1.165) is 6.42 Å². The molecular formula is C56H128B8O28. The van der Waals surface area contributed by atoms with Gasteiger partial charge in [0.1, 0.15) is 12.2 Å². The van der Waals surface area contributed by atoms with Crippen molar-refractivity contribution in [2.24, 2.45) is 0 Å². The Labute approximate surface area is 555 Å². The van der Waals surface area contributed by atoms with Crippen LogP contribution >= 0.6 is 0 Å². The second-order valence-corrected chi connectivity index (χ2v) is 25.6. The first-order chi connectivity index (χ1) is 41.5. The highest BCUT2D eigenvalue weighted by Crippen LogP contribution is 2.24. The van der Waals surface area contributed by atoms with Crippen molar-refractivity contribution in [1.29, 1.82) is 0 Å². The van der Waals surface area contributed by atoms with E-state index in [4.69, 9.17) is 118 Å². The Hall–Kier alpha value is -2.40. The fourth-order valence-corrected chi connectivity index (χ4v) is 4.92. The monoisotopic (exact) mass is 1340 g/mol. The summed E-state index contributed by atoms with van der Waals surface area (Å²) in [6.45, 7) is 51.2. The van der Waals surface area contributed by atoms with Crippen molar-refractivity contribution in [2.75, 3.05) is 0 Å². The summed E-state index contributed by atoms with van der Waals surface area (Å²) in [6, 6.07) is 0. The lowest BCUT2D eigenvalue weighted by Gasteiger charge is -2.32. The van der Waals surface area contributed by atoms with Gasteiger partial charge in [0, 0.05) is 23.8 Å². The summed E-state index contributed by atoms with van der Waals surface area (Å²) in [7, 11) is -5.24. The number of aliphatic hydroxyl groups is 6. The highest BCUT2D eigenvalue weighted by Gasteiger charge is 2.40. The smallest absolute Gasteiger partial charge is 0.509 e. The molecule has 12 atom stereocenters. The average molecular weight is 1340 g/mol. The molecule has 36 heteroatoms. The maximum Gasteiger partial charge on any atom is 0.530 e. The van der Waals surface area contributed by atoms with Crippen LogP contribution in [0.25, 0.3) is 0 Å². The summed E-state index contributed by atoms with van der Waals surface area (Å²) in [5.74, 6) is -1.29. The van der Waals surface area contributed by atoms with E-state index in [1.807, 2.05) is 48.5 Å². The molecule has 544 valence electrons. The zero-order valence-corrected chi connectivity index (χ0v) is 61.0. The molecule has 4 aliphatic rings. The highest BCUT2D eigenvalue weighted by molar-refractivity contribution is 6.50. The molecule has 4 heterocycles. The molecule has 0 radical (unpaired) electrons. The first-order valence-corrected chi connectivity index (χ1v) is 31.8. The van der Waals surface area contributed by atoms with Crippen molar-refractivity contribution >= 4 is 80.8 Å². The second-order valence-electron chi connectivity index (χ2n) is 25.6. The van der Waals surface area contributed by atoms with Gasteiger partial charge < -0.3 is 118 Å². The number of hydrogen-bond acceptors (Lipinski definition) is 26. The number of carboxylic acid groups (broad SMARTS) is 2. The van der Waals surface area contributed by atoms with Crippen LogP contribution in [0.15, 0.2) is 0 Å². The number of hydrogen-bond donors (Lipinski definition) is 16. The minimum absolute atomic E-state index is 0.00338. The molecule has 4 saturated heterocycles. The Morgan fingerprint density at radius 3 is 0.826 bits per heavy atom. The lowest BCUT2D eigenvalue weighted by Crippen LogP contribution is -2.40. The van der Waals surface area contributed by atoms with Crippen LogP contribution in [0.4, 0.5) is 0 Å². The van der Waals surface area contributed by atoms with Crippen molar-refractivity contribution in [1.82, 2.24) is 0 Å². The van der Waals surface area contributed by atoms with E-state index in [1.54, 1.807) is 90.0 Å². The van der Waals surface area contributed by atoms with Gasteiger partial charge in [-0.25, -0.2) is 4.79 Å². The van der Waals surface area contributed by atoms with Crippen molar-refractivity contribution < 1.29 is 137 Å². The number of carbonyl (C=O) groups excluding carboxylic acids is 2. The summed E-state index contributed by atoms with van der Waals surface area (Å²) in [5, 5.41) is 131. The number of aliphatic hydroxyl groups excluding tert-OH is 6. The van der Waals surface area contributed by atoms with E-state index in [-0.39, 0.29) is 118 Å². The zero-order chi connectivity index (χ0) is 75.0. The summed E-state index contributed by atoms with van der Waals surface area (Å²) < 4.78 is 42.6. The van der Waals surface area contributed by atoms with Crippen LogP contribution in [0.5, 0.6) is 0 Å². The summed E-state index contributed by atoms with van der Waals surface area (Å²) in [6.07, 6.45) is -1.35. The van der Waals surface area contributed by atoms with Gasteiger partial charge in [-0.3, -0.25) is 14.4 Å². The fraction of sp³-hybridized carbons (Fsp3) is 0.929. The molecule has 28 nitrogen and oxygen atoms in total. The molecule has 0 bridgehead atoms. The third-order valence-corrected chi connectivity index (χ3v) is 11.5. The Bertz CT molecular complexity index is 1600. The fourth-order valence-electron chi connectivity index (χ4n) is 4.92. The van der Waals surface area contributed by atoms with Crippen molar-refractivity contribution in [3.05, 3.63) is 0 Å². The molecule has 0 spiro atoms. The highest BCUT2D eigenvalue weighted by atomic mass is 16.7. The van der Waals surface area contributed by atoms with Crippen LogP contribution in [0.3, 0.4) is 0 Å². The number of carboxylic acids is 2. The Morgan fingerprint density at radius 1 is 0.424 bits per heavy atom. The predicted molar refractivity (Wildman–Crippen MR) is 364 cm³/mol. The van der Waals surface area contributed by atoms with Crippen molar-refractivity contribution in [2.45, 2.75) is 339 Å². The first-order valence-electron chi connectivity index (χ1n) is 31.8. The zero-order valence-electron chi connectivity index (χ0n) is 61.0. The van der Waals surface area contributed by atoms with Crippen LogP contribution in [0.1, 0.15) is 220 Å². The molecule has 12 unspecified atom stereocenters. The van der Waals surface area contributed by atoms with Crippen molar-refractivity contribution in [3.63, 3.8) is 0 Å². The molecule has 0 aromatic rings. The minimum Gasteiger partial charge on any atom is -0.509 e. The number of aliphatic carboxylic acids is 2. The third kappa shape index (κ3) is 75.0. The molecule has 0 saturated carbocycles. The summed E-state index contributed by atoms with van der Waals surface area (Å²) in [5.41, 5.74) is 0. The molecular weight excluding hydrogens is 1210 g/mol. The normalized spacial score (nSPS) is 20.6. The van der Waals surface area contributed by atoms with Crippen LogP contribution < -0.4 is 0 Å².